The summed E-state index contributed by atoms with van der Waals surface area (Å²) in [5.74, 6) is 2.47. The summed E-state index contributed by atoms with van der Waals surface area (Å²) in [5, 5.41) is 3.45. The molecule has 5 nitrogen and oxygen atoms in total. The molecule has 1 aliphatic heterocycles. The van der Waals surface area contributed by atoms with Crippen LogP contribution in [0.25, 0.3) is 20.7 Å². The van der Waals surface area contributed by atoms with E-state index in [0.717, 1.165) is 53.5 Å². The van der Waals surface area contributed by atoms with Gasteiger partial charge in [-0.3, -0.25) is 0 Å². The summed E-state index contributed by atoms with van der Waals surface area (Å²) < 4.78 is 11.5. The van der Waals surface area contributed by atoms with Crippen molar-refractivity contribution in [3.63, 3.8) is 0 Å². The van der Waals surface area contributed by atoms with Crippen molar-refractivity contribution in [2.75, 3.05) is 32.2 Å². The summed E-state index contributed by atoms with van der Waals surface area (Å²) in [5.41, 5.74) is 2.15. The van der Waals surface area contributed by atoms with Crippen LogP contribution in [0.1, 0.15) is 6.42 Å². The Morgan fingerprint density at radius 2 is 2.08 bits per heavy atom. The number of benzene rings is 1. The number of methoxy groups -OCH3 is 1. The summed E-state index contributed by atoms with van der Waals surface area (Å²) >= 11 is 1.72. The number of aromatic nitrogens is 2. The van der Waals surface area contributed by atoms with Crippen LogP contribution in [0.5, 0.6) is 5.75 Å². The van der Waals surface area contributed by atoms with Crippen molar-refractivity contribution >= 4 is 27.4 Å². The second kappa shape index (κ2) is 6.75. The average molecular weight is 341 g/mol. The van der Waals surface area contributed by atoms with Gasteiger partial charge in [-0.2, -0.15) is 0 Å². The Morgan fingerprint density at radius 1 is 1.25 bits per heavy atom. The van der Waals surface area contributed by atoms with E-state index in [9.17, 15) is 0 Å². The first-order valence-corrected chi connectivity index (χ1v) is 8.86. The van der Waals surface area contributed by atoms with Crippen LogP contribution in [0.2, 0.25) is 0 Å². The molecule has 4 rings (SSSR count). The molecule has 1 N–H and O–H groups in total. The average Bonchev–Trinajstić information content (AvgIpc) is 3.02. The molecule has 6 heteroatoms. The van der Waals surface area contributed by atoms with Gasteiger partial charge in [0.05, 0.1) is 30.5 Å². The van der Waals surface area contributed by atoms with Gasteiger partial charge in [-0.15, -0.1) is 11.3 Å². The quantitative estimate of drug-likeness (QED) is 0.739. The largest absolute Gasteiger partial charge is 0.497 e. The second-order valence-corrected chi connectivity index (χ2v) is 6.95. The summed E-state index contributed by atoms with van der Waals surface area (Å²) in [6.07, 6.45) is 2.74. The molecule has 0 spiro atoms. The van der Waals surface area contributed by atoms with E-state index in [2.05, 4.69) is 33.5 Å². The van der Waals surface area contributed by atoms with E-state index in [1.165, 1.54) is 4.88 Å². The number of nitrogens with zero attached hydrogens (tertiary/aromatic N) is 2. The first-order chi connectivity index (χ1) is 11.8. The van der Waals surface area contributed by atoms with E-state index >= 15 is 0 Å². The van der Waals surface area contributed by atoms with E-state index in [0.29, 0.717) is 5.92 Å². The summed E-state index contributed by atoms with van der Waals surface area (Å²) in [4.78, 5) is 10.0. The highest BCUT2D eigenvalue weighted by atomic mass is 32.1. The lowest BCUT2D eigenvalue weighted by Crippen LogP contribution is -2.29. The van der Waals surface area contributed by atoms with Crippen molar-refractivity contribution in [2.24, 2.45) is 5.92 Å². The molecule has 0 saturated carbocycles. The smallest absolute Gasteiger partial charge is 0.147 e. The third kappa shape index (κ3) is 3.07. The van der Waals surface area contributed by atoms with Crippen molar-refractivity contribution in [1.29, 1.82) is 0 Å². The molecule has 0 radical (unpaired) electrons. The van der Waals surface area contributed by atoms with Crippen LogP contribution in [0, 0.1) is 5.92 Å². The molecule has 0 atom stereocenters. The fraction of sp³-hybridized carbons (Fsp3) is 0.333. The molecule has 124 valence electrons. The Morgan fingerprint density at radius 3 is 2.79 bits per heavy atom. The van der Waals surface area contributed by atoms with Crippen molar-refractivity contribution in [3.05, 3.63) is 36.7 Å². The number of fused-ring (bicyclic) bond motifs is 1. The lowest BCUT2D eigenvalue weighted by atomic mass is 10.0. The van der Waals surface area contributed by atoms with E-state index in [-0.39, 0.29) is 0 Å². The molecule has 0 bridgehead atoms. The number of thiophene rings is 1. The number of ether oxygens (including phenoxy) is 2. The van der Waals surface area contributed by atoms with Crippen LogP contribution in [0.3, 0.4) is 0 Å². The van der Waals surface area contributed by atoms with Crippen LogP contribution in [-0.2, 0) is 4.74 Å². The first kappa shape index (κ1) is 15.4. The highest BCUT2D eigenvalue weighted by Crippen LogP contribution is 2.36. The lowest BCUT2D eigenvalue weighted by molar-refractivity contribution is -0.0337. The molecule has 0 aliphatic carbocycles. The minimum Gasteiger partial charge on any atom is -0.497 e. The Balaban J connectivity index is 1.56. The Kier molecular flexibility index (Phi) is 4.32. The zero-order chi connectivity index (χ0) is 16.4. The van der Waals surface area contributed by atoms with Crippen LogP contribution in [0.4, 0.5) is 5.82 Å². The third-order valence-electron chi connectivity index (χ3n) is 4.24. The fourth-order valence-corrected chi connectivity index (χ4v) is 3.81. The maximum absolute atomic E-state index is 5.22. The van der Waals surface area contributed by atoms with Crippen LogP contribution in [-0.4, -0.2) is 36.8 Å². The van der Waals surface area contributed by atoms with E-state index in [1.54, 1.807) is 24.8 Å². The third-order valence-corrected chi connectivity index (χ3v) is 5.42. The molecular weight excluding hydrogens is 322 g/mol. The van der Waals surface area contributed by atoms with Crippen LogP contribution >= 0.6 is 11.3 Å². The standard InChI is InChI=1S/C18H19N3O2S/c1-22-14-4-2-13(3-5-14)16-8-15-17(24-16)18(21-11-20-15)19-7-6-12-9-23-10-12/h2-5,8,11-12H,6-7,9-10H2,1H3,(H,19,20,21). The maximum Gasteiger partial charge on any atom is 0.147 e. The number of hydrogen-bond donors (Lipinski definition) is 1. The summed E-state index contributed by atoms with van der Waals surface area (Å²) in [6.45, 7) is 2.69. The van der Waals surface area contributed by atoms with Gasteiger partial charge in [0.2, 0.25) is 0 Å². The lowest BCUT2D eigenvalue weighted by Gasteiger charge is -2.25. The Hall–Kier alpha value is -2.18. The molecule has 1 saturated heterocycles. The van der Waals surface area contributed by atoms with Gasteiger partial charge in [-0.05, 0) is 42.3 Å². The van der Waals surface area contributed by atoms with E-state index in [1.807, 2.05) is 12.1 Å². The van der Waals surface area contributed by atoms with Crippen molar-refractivity contribution in [1.82, 2.24) is 9.97 Å². The first-order valence-electron chi connectivity index (χ1n) is 8.04. The Bertz CT molecular complexity index is 828. The number of hydrogen-bond acceptors (Lipinski definition) is 6. The van der Waals surface area contributed by atoms with Gasteiger partial charge < -0.3 is 14.8 Å². The number of rotatable bonds is 6. The van der Waals surface area contributed by atoms with Gasteiger partial charge in [0, 0.05) is 17.3 Å². The topological polar surface area (TPSA) is 56.3 Å². The van der Waals surface area contributed by atoms with E-state index in [4.69, 9.17) is 9.47 Å². The Labute approximate surface area is 144 Å². The van der Waals surface area contributed by atoms with Crippen molar-refractivity contribution < 1.29 is 9.47 Å². The van der Waals surface area contributed by atoms with Gasteiger partial charge in [0.15, 0.2) is 0 Å². The minimum absolute atomic E-state index is 0.688. The highest BCUT2D eigenvalue weighted by molar-refractivity contribution is 7.22. The molecule has 24 heavy (non-hydrogen) atoms. The molecule has 1 aromatic carbocycles. The van der Waals surface area contributed by atoms with Crippen LogP contribution in [0.15, 0.2) is 36.7 Å². The van der Waals surface area contributed by atoms with Crippen LogP contribution < -0.4 is 10.1 Å². The van der Waals surface area contributed by atoms with Gasteiger partial charge in [0.1, 0.15) is 17.9 Å². The van der Waals surface area contributed by atoms with E-state index < -0.39 is 0 Å². The van der Waals surface area contributed by atoms with Gasteiger partial charge >= 0.3 is 0 Å². The van der Waals surface area contributed by atoms with Crippen molar-refractivity contribution in [3.8, 4) is 16.2 Å². The summed E-state index contributed by atoms with van der Waals surface area (Å²) in [7, 11) is 1.68. The number of anilines is 1. The molecule has 3 heterocycles. The molecule has 2 aromatic heterocycles. The van der Waals surface area contributed by atoms with Gasteiger partial charge in [-0.1, -0.05) is 0 Å². The maximum atomic E-state index is 5.22. The molecule has 1 fully saturated rings. The normalized spacial score (nSPS) is 14.5. The zero-order valence-electron chi connectivity index (χ0n) is 13.5. The van der Waals surface area contributed by atoms with Gasteiger partial charge in [0.25, 0.3) is 0 Å². The second-order valence-electron chi connectivity index (χ2n) is 5.89. The van der Waals surface area contributed by atoms with Crippen molar-refractivity contribution in [2.45, 2.75) is 6.42 Å². The molecular formula is C18H19N3O2S. The number of nitrogens with one attached hydrogen (secondary N) is 1. The van der Waals surface area contributed by atoms with Gasteiger partial charge in [-0.25, -0.2) is 9.97 Å². The summed E-state index contributed by atoms with van der Waals surface area (Å²) in [6, 6.07) is 10.2. The molecule has 1 aliphatic rings. The predicted molar refractivity (Wildman–Crippen MR) is 96.8 cm³/mol. The highest BCUT2D eigenvalue weighted by Gasteiger charge is 2.18. The minimum atomic E-state index is 0.688. The molecule has 3 aromatic rings. The molecule has 0 amide bonds. The molecule has 0 unspecified atom stereocenters. The zero-order valence-corrected chi connectivity index (χ0v) is 14.3. The predicted octanol–water partition coefficient (Wildman–Crippen LogP) is 3.82. The fourth-order valence-electron chi connectivity index (χ4n) is 2.72. The SMILES string of the molecule is COc1ccc(-c2cc3ncnc(NCCC4COC4)c3s2)cc1. The monoisotopic (exact) mass is 341 g/mol.